The highest BCUT2D eigenvalue weighted by atomic mass is 35.5. The third-order valence-electron chi connectivity index (χ3n) is 3.04. The Hall–Kier alpha value is -1.55. The molecule has 0 bridgehead atoms. The number of ketones is 1. The summed E-state index contributed by atoms with van der Waals surface area (Å²) in [5, 5.41) is 0. The minimum absolute atomic E-state index is 0.0955. The number of ether oxygens (including phenoxy) is 2. The van der Waals surface area contributed by atoms with Crippen LogP contribution in [-0.4, -0.2) is 29.8 Å². The summed E-state index contributed by atoms with van der Waals surface area (Å²) in [7, 11) is 1.51. The molecule has 4 nitrogen and oxygen atoms in total. The summed E-state index contributed by atoms with van der Waals surface area (Å²) in [6, 6.07) is 5.08. The molecule has 0 spiro atoms. The number of carbonyl (C=O) groups is 2. The van der Waals surface area contributed by atoms with Crippen LogP contribution in [0.2, 0.25) is 0 Å². The highest BCUT2D eigenvalue weighted by Gasteiger charge is 2.52. The first kappa shape index (κ1) is 13.9. The maximum Gasteiger partial charge on any atom is 0.335 e. The van der Waals surface area contributed by atoms with Crippen LogP contribution in [0, 0.1) is 0 Å². The van der Waals surface area contributed by atoms with Crippen LogP contribution < -0.4 is 4.74 Å². The largest absolute Gasteiger partial charge is 0.496 e. The minimum Gasteiger partial charge on any atom is -0.496 e. The maximum atomic E-state index is 12.3. The van der Waals surface area contributed by atoms with Crippen molar-refractivity contribution in [3.63, 3.8) is 0 Å². The monoisotopic (exact) mass is 282 g/mol. The summed E-state index contributed by atoms with van der Waals surface area (Å²) in [6.45, 7) is 3.43. The topological polar surface area (TPSA) is 52.6 Å². The molecule has 1 aromatic rings. The van der Waals surface area contributed by atoms with E-state index < -0.39 is 16.6 Å². The van der Waals surface area contributed by atoms with E-state index in [1.54, 1.807) is 32.0 Å². The van der Waals surface area contributed by atoms with Gasteiger partial charge in [0.1, 0.15) is 5.75 Å². The number of alkyl halides is 1. The zero-order chi connectivity index (χ0) is 14.2. The Morgan fingerprint density at radius 2 is 2.11 bits per heavy atom. The summed E-state index contributed by atoms with van der Waals surface area (Å²) in [6.07, 6.45) is -0.223. The second-order valence-corrected chi connectivity index (χ2v) is 5.39. The number of halogens is 1. The Balaban J connectivity index is 2.39. The van der Waals surface area contributed by atoms with Gasteiger partial charge in [-0.05, 0) is 19.9 Å². The van der Waals surface area contributed by atoms with Gasteiger partial charge in [0.2, 0.25) is 4.87 Å². The lowest BCUT2D eigenvalue weighted by molar-refractivity contribution is -0.149. The van der Waals surface area contributed by atoms with Gasteiger partial charge in [-0.2, -0.15) is 0 Å². The van der Waals surface area contributed by atoms with Gasteiger partial charge >= 0.3 is 5.97 Å². The summed E-state index contributed by atoms with van der Waals surface area (Å²) < 4.78 is 10.3. The van der Waals surface area contributed by atoms with Gasteiger partial charge in [-0.25, -0.2) is 4.79 Å². The molecule has 0 heterocycles. The van der Waals surface area contributed by atoms with Crippen molar-refractivity contribution in [2.45, 2.75) is 31.2 Å². The lowest BCUT2D eigenvalue weighted by Gasteiger charge is -2.19. The molecule has 0 aromatic heterocycles. The fourth-order valence-corrected chi connectivity index (χ4v) is 2.44. The molecule has 0 saturated heterocycles. The Morgan fingerprint density at radius 3 is 2.68 bits per heavy atom. The van der Waals surface area contributed by atoms with Gasteiger partial charge < -0.3 is 9.47 Å². The van der Waals surface area contributed by atoms with Crippen LogP contribution in [0.25, 0.3) is 0 Å². The number of benzene rings is 1. The third-order valence-corrected chi connectivity index (χ3v) is 3.50. The van der Waals surface area contributed by atoms with E-state index in [1.165, 1.54) is 7.11 Å². The van der Waals surface area contributed by atoms with Crippen LogP contribution in [0.4, 0.5) is 0 Å². The van der Waals surface area contributed by atoms with Crippen LogP contribution >= 0.6 is 11.6 Å². The molecule has 0 aliphatic heterocycles. The van der Waals surface area contributed by atoms with Crippen molar-refractivity contribution in [1.82, 2.24) is 0 Å². The first-order valence-corrected chi connectivity index (χ1v) is 6.38. The standard InChI is InChI=1S/C14H15ClO4/c1-8(2)19-13(17)14(15)7-10-9(12(14)16)5-4-6-11(10)18-3/h4-6,8H,7H2,1-3H3/t14-/m1/s1. The molecule has 0 N–H and O–H groups in total. The number of carbonyl (C=O) groups excluding carboxylic acids is 2. The van der Waals surface area contributed by atoms with Gasteiger partial charge in [0.15, 0.2) is 5.78 Å². The van der Waals surface area contributed by atoms with Gasteiger partial charge in [-0.15, -0.1) is 0 Å². The highest BCUT2D eigenvalue weighted by molar-refractivity contribution is 6.49. The summed E-state index contributed by atoms with van der Waals surface area (Å²) in [4.78, 5) is 22.7. The van der Waals surface area contributed by atoms with Gasteiger partial charge in [0.25, 0.3) is 0 Å². The molecule has 1 aromatic carbocycles. The lowest BCUT2D eigenvalue weighted by Crippen LogP contribution is -2.41. The first-order valence-electron chi connectivity index (χ1n) is 6.01. The minimum atomic E-state index is -1.67. The molecular formula is C14H15ClO4. The maximum absolute atomic E-state index is 12.3. The first-order chi connectivity index (χ1) is 8.90. The van der Waals surface area contributed by atoms with Gasteiger partial charge in [0, 0.05) is 17.5 Å². The fourth-order valence-electron chi connectivity index (χ4n) is 2.16. The van der Waals surface area contributed by atoms with E-state index in [4.69, 9.17) is 21.1 Å². The van der Waals surface area contributed by atoms with Crippen molar-refractivity contribution in [2.24, 2.45) is 0 Å². The van der Waals surface area contributed by atoms with Crippen molar-refractivity contribution in [2.75, 3.05) is 7.11 Å². The fraction of sp³-hybridized carbons (Fsp3) is 0.429. The van der Waals surface area contributed by atoms with Crippen LogP contribution in [0.3, 0.4) is 0 Å². The van der Waals surface area contributed by atoms with Crippen LogP contribution in [0.1, 0.15) is 29.8 Å². The number of hydrogen-bond donors (Lipinski definition) is 0. The molecule has 2 rings (SSSR count). The van der Waals surface area contributed by atoms with Crippen molar-refractivity contribution in [3.05, 3.63) is 29.3 Å². The second kappa shape index (κ2) is 4.85. The van der Waals surface area contributed by atoms with E-state index >= 15 is 0 Å². The van der Waals surface area contributed by atoms with E-state index in [1.807, 2.05) is 0 Å². The zero-order valence-corrected chi connectivity index (χ0v) is 11.8. The number of fused-ring (bicyclic) bond motifs is 1. The Kier molecular flexibility index (Phi) is 3.54. The van der Waals surface area contributed by atoms with Crippen molar-refractivity contribution < 1.29 is 19.1 Å². The van der Waals surface area contributed by atoms with E-state index in [0.29, 0.717) is 16.9 Å². The normalized spacial score (nSPS) is 21.4. The number of methoxy groups -OCH3 is 1. The van der Waals surface area contributed by atoms with Gasteiger partial charge in [-0.1, -0.05) is 23.7 Å². The quantitative estimate of drug-likeness (QED) is 0.485. The molecule has 5 heteroatoms. The summed E-state index contributed by atoms with van der Waals surface area (Å²) >= 11 is 6.23. The van der Waals surface area contributed by atoms with E-state index in [-0.39, 0.29) is 12.5 Å². The van der Waals surface area contributed by atoms with Crippen LogP contribution in [-0.2, 0) is 16.0 Å². The number of esters is 1. The molecule has 0 fully saturated rings. The highest BCUT2D eigenvalue weighted by Crippen LogP contribution is 2.40. The van der Waals surface area contributed by atoms with E-state index in [2.05, 4.69) is 0 Å². The average Bonchev–Trinajstić information content (AvgIpc) is 2.62. The second-order valence-electron chi connectivity index (χ2n) is 4.75. The summed E-state index contributed by atoms with van der Waals surface area (Å²) in [5.41, 5.74) is 1.08. The Bertz CT molecular complexity index is 538. The smallest absolute Gasteiger partial charge is 0.335 e. The van der Waals surface area contributed by atoms with Gasteiger partial charge in [0.05, 0.1) is 13.2 Å². The molecule has 1 aliphatic carbocycles. The van der Waals surface area contributed by atoms with Crippen molar-refractivity contribution in [1.29, 1.82) is 0 Å². The predicted octanol–water partition coefficient (Wildman–Crippen LogP) is 2.36. The molecule has 0 unspecified atom stereocenters. The molecule has 1 aliphatic rings. The molecular weight excluding hydrogens is 268 g/mol. The third kappa shape index (κ3) is 2.21. The number of hydrogen-bond acceptors (Lipinski definition) is 4. The number of rotatable bonds is 3. The molecule has 0 radical (unpaired) electrons. The molecule has 0 saturated carbocycles. The number of Topliss-reactive ketones (excluding diaryl/α,β-unsaturated/α-hetero) is 1. The van der Waals surface area contributed by atoms with Gasteiger partial charge in [-0.3, -0.25) is 4.79 Å². The molecule has 19 heavy (non-hydrogen) atoms. The van der Waals surface area contributed by atoms with Crippen LogP contribution in [0.5, 0.6) is 5.75 Å². The average molecular weight is 283 g/mol. The van der Waals surface area contributed by atoms with E-state index in [0.717, 1.165) is 0 Å². The molecule has 1 atom stereocenters. The Morgan fingerprint density at radius 1 is 1.42 bits per heavy atom. The van der Waals surface area contributed by atoms with Crippen molar-refractivity contribution in [3.8, 4) is 5.75 Å². The predicted molar refractivity (Wildman–Crippen MR) is 70.8 cm³/mol. The van der Waals surface area contributed by atoms with Crippen molar-refractivity contribution >= 4 is 23.4 Å². The summed E-state index contributed by atoms with van der Waals surface area (Å²) in [5.74, 6) is -0.563. The Labute approximate surface area is 116 Å². The SMILES string of the molecule is COc1cccc2c1C[C@](Cl)(C(=O)OC(C)C)C2=O. The van der Waals surface area contributed by atoms with E-state index in [9.17, 15) is 9.59 Å². The van der Waals surface area contributed by atoms with Crippen LogP contribution in [0.15, 0.2) is 18.2 Å². The lowest BCUT2D eigenvalue weighted by atomic mass is 10.0. The molecule has 0 amide bonds. The zero-order valence-electron chi connectivity index (χ0n) is 11.0. The molecule has 102 valence electrons.